The number of nitriles is 1. The minimum absolute atomic E-state index is 0.187. The molecular formula is C12H16ClN3O. The van der Waals surface area contributed by atoms with Gasteiger partial charge in [-0.1, -0.05) is 24.9 Å². The Morgan fingerprint density at radius 3 is 2.94 bits per heavy atom. The number of hydrogen-bond donors (Lipinski definition) is 2. The number of aliphatic hydroxyl groups excluding tert-OH is 1. The van der Waals surface area contributed by atoms with E-state index in [1.54, 1.807) is 6.07 Å². The van der Waals surface area contributed by atoms with Crippen molar-refractivity contribution in [2.24, 2.45) is 5.92 Å². The number of nitrogens with one attached hydrogen (secondary N) is 1. The van der Waals surface area contributed by atoms with Crippen LogP contribution in [-0.2, 0) is 0 Å². The monoisotopic (exact) mass is 253 g/mol. The van der Waals surface area contributed by atoms with Gasteiger partial charge in [0, 0.05) is 13.2 Å². The minimum atomic E-state index is 0.187. The second-order valence-corrected chi connectivity index (χ2v) is 4.23. The SMILES string of the molecule is CCC(CCO)CNc1cc(C#N)cc(Cl)n1. The molecule has 1 aromatic heterocycles. The van der Waals surface area contributed by atoms with Gasteiger partial charge in [0.15, 0.2) is 0 Å². The lowest BCUT2D eigenvalue weighted by Crippen LogP contribution is -2.15. The van der Waals surface area contributed by atoms with E-state index in [9.17, 15) is 0 Å². The summed E-state index contributed by atoms with van der Waals surface area (Å²) >= 11 is 5.80. The van der Waals surface area contributed by atoms with Crippen molar-refractivity contribution in [1.29, 1.82) is 5.26 Å². The van der Waals surface area contributed by atoms with Gasteiger partial charge in [-0.3, -0.25) is 0 Å². The van der Waals surface area contributed by atoms with Crippen LogP contribution in [0.5, 0.6) is 0 Å². The van der Waals surface area contributed by atoms with E-state index in [4.69, 9.17) is 22.0 Å². The molecule has 1 unspecified atom stereocenters. The summed E-state index contributed by atoms with van der Waals surface area (Å²) in [6.07, 6.45) is 1.74. The van der Waals surface area contributed by atoms with Crippen molar-refractivity contribution in [3.05, 3.63) is 22.8 Å². The zero-order chi connectivity index (χ0) is 12.7. The third-order valence-corrected chi connectivity index (χ3v) is 2.80. The fraction of sp³-hybridized carbons (Fsp3) is 0.500. The second-order valence-electron chi connectivity index (χ2n) is 3.84. The lowest BCUT2D eigenvalue weighted by molar-refractivity contribution is 0.258. The van der Waals surface area contributed by atoms with Crippen LogP contribution >= 0.6 is 11.6 Å². The first-order valence-electron chi connectivity index (χ1n) is 5.62. The zero-order valence-electron chi connectivity index (χ0n) is 9.78. The Morgan fingerprint density at radius 1 is 1.59 bits per heavy atom. The Hall–Kier alpha value is -1.31. The highest BCUT2D eigenvalue weighted by atomic mass is 35.5. The lowest BCUT2D eigenvalue weighted by Gasteiger charge is -2.14. The predicted octanol–water partition coefficient (Wildman–Crippen LogP) is 2.43. The summed E-state index contributed by atoms with van der Waals surface area (Å²) in [5.74, 6) is 0.997. The summed E-state index contributed by atoms with van der Waals surface area (Å²) in [4.78, 5) is 4.09. The molecule has 0 spiro atoms. The molecule has 5 heteroatoms. The molecule has 0 saturated carbocycles. The zero-order valence-corrected chi connectivity index (χ0v) is 10.5. The van der Waals surface area contributed by atoms with Crippen molar-refractivity contribution < 1.29 is 5.11 Å². The van der Waals surface area contributed by atoms with Crippen LogP contribution < -0.4 is 5.32 Å². The Balaban J connectivity index is 2.62. The highest BCUT2D eigenvalue weighted by Crippen LogP contribution is 2.15. The molecule has 4 nitrogen and oxygen atoms in total. The molecule has 0 radical (unpaired) electrons. The van der Waals surface area contributed by atoms with Crippen molar-refractivity contribution in [2.75, 3.05) is 18.5 Å². The molecule has 0 aliphatic rings. The van der Waals surface area contributed by atoms with E-state index in [-0.39, 0.29) is 6.61 Å². The predicted molar refractivity (Wildman–Crippen MR) is 67.9 cm³/mol. The van der Waals surface area contributed by atoms with Crippen LogP contribution in [-0.4, -0.2) is 23.2 Å². The molecule has 0 amide bonds. The van der Waals surface area contributed by atoms with Crippen molar-refractivity contribution in [2.45, 2.75) is 19.8 Å². The largest absolute Gasteiger partial charge is 0.396 e. The quantitative estimate of drug-likeness (QED) is 0.764. The molecule has 1 heterocycles. The number of halogens is 1. The van der Waals surface area contributed by atoms with E-state index >= 15 is 0 Å². The molecule has 17 heavy (non-hydrogen) atoms. The van der Waals surface area contributed by atoms with E-state index in [1.807, 2.05) is 6.07 Å². The fourth-order valence-corrected chi connectivity index (χ4v) is 1.74. The average Bonchev–Trinajstić information content (AvgIpc) is 2.33. The maximum Gasteiger partial charge on any atom is 0.132 e. The Bertz CT molecular complexity index is 403. The van der Waals surface area contributed by atoms with Crippen molar-refractivity contribution >= 4 is 17.4 Å². The van der Waals surface area contributed by atoms with Crippen LogP contribution in [0.4, 0.5) is 5.82 Å². The van der Waals surface area contributed by atoms with Crippen LogP contribution in [0.1, 0.15) is 25.3 Å². The summed E-state index contributed by atoms with van der Waals surface area (Å²) < 4.78 is 0. The van der Waals surface area contributed by atoms with E-state index in [0.29, 0.717) is 22.5 Å². The molecule has 92 valence electrons. The number of rotatable bonds is 6. The minimum Gasteiger partial charge on any atom is -0.396 e. The maximum atomic E-state index is 8.88. The second kappa shape index (κ2) is 7.10. The normalized spacial score (nSPS) is 11.9. The van der Waals surface area contributed by atoms with Gasteiger partial charge in [-0.25, -0.2) is 4.98 Å². The van der Waals surface area contributed by atoms with E-state index in [2.05, 4.69) is 17.2 Å². The summed E-state index contributed by atoms with van der Waals surface area (Å²) in [5, 5.41) is 21.1. The summed E-state index contributed by atoms with van der Waals surface area (Å²) in [7, 11) is 0. The summed E-state index contributed by atoms with van der Waals surface area (Å²) in [6.45, 7) is 2.98. The van der Waals surface area contributed by atoms with Gasteiger partial charge in [0.1, 0.15) is 11.0 Å². The molecule has 0 saturated heterocycles. The van der Waals surface area contributed by atoms with Gasteiger partial charge >= 0.3 is 0 Å². The Kier molecular flexibility index (Phi) is 5.75. The Morgan fingerprint density at radius 2 is 2.35 bits per heavy atom. The van der Waals surface area contributed by atoms with Gasteiger partial charge in [0.25, 0.3) is 0 Å². The van der Waals surface area contributed by atoms with Gasteiger partial charge in [-0.15, -0.1) is 0 Å². The third kappa shape index (κ3) is 4.59. The van der Waals surface area contributed by atoms with Crippen LogP contribution in [0.2, 0.25) is 5.15 Å². The van der Waals surface area contributed by atoms with Crippen LogP contribution in [0.3, 0.4) is 0 Å². The number of aliphatic hydroxyl groups is 1. The molecule has 1 atom stereocenters. The molecule has 1 aromatic rings. The lowest BCUT2D eigenvalue weighted by atomic mass is 10.0. The van der Waals surface area contributed by atoms with E-state index in [0.717, 1.165) is 19.4 Å². The van der Waals surface area contributed by atoms with Gasteiger partial charge in [-0.2, -0.15) is 5.26 Å². The van der Waals surface area contributed by atoms with Gasteiger partial charge in [0.05, 0.1) is 11.6 Å². The molecular weight excluding hydrogens is 238 g/mol. The molecule has 1 rings (SSSR count). The fourth-order valence-electron chi connectivity index (χ4n) is 1.53. The molecule has 0 bridgehead atoms. The molecule has 2 N–H and O–H groups in total. The van der Waals surface area contributed by atoms with Crippen molar-refractivity contribution in [1.82, 2.24) is 4.98 Å². The first kappa shape index (κ1) is 13.8. The summed E-state index contributed by atoms with van der Waals surface area (Å²) in [5.41, 5.74) is 0.489. The Labute approximate surface area is 106 Å². The first-order valence-corrected chi connectivity index (χ1v) is 5.99. The number of pyridine rings is 1. The number of anilines is 1. The number of nitrogens with zero attached hydrogens (tertiary/aromatic N) is 2. The highest BCUT2D eigenvalue weighted by molar-refractivity contribution is 6.29. The van der Waals surface area contributed by atoms with Gasteiger partial charge < -0.3 is 10.4 Å². The van der Waals surface area contributed by atoms with E-state index < -0.39 is 0 Å². The van der Waals surface area contributed by atoms with Crippen LogP contribution in [0.15, 0.2) is 12.1 Å². The molecule has 0 fully saturated rings. The van der Waals surface area contributed by atoms with Gasteiger partial charge in [0.2, 0.25) is 0 Å². The number of aromatic nitrogens is 1. The standard InChI is InChI=1S/C12H16ClN3O/c1-2-9(3-4-17)8-15-12-6-10(7-14)5-11(13)16-12/h5-6,9,17H,2-4,8H2,1H3,(H,15,16). The average molecular weight is 254 g/mol. The van der Waals surface area contributed by atoms with Crippen molar-refractivity contribution in [3.63, 3.8) is 0 Å². The van der Waals surface area contributed by atoms with E-state index in [1.165, 1.54) is 6.07 Å². The topological polar surface area (TPSA) is 68.9 Å². The van der Waals surface area contributed by atoms with Crippen LogP contribution in [0, 0.1) is 17.2 Å². The molecule has 0 aliphatic carbocycles. The maximum absolute atomic E-state index is 8.88. The first-order chi connectivity index (χ1) is 8.19. The summed E-state index contributed by atoms with van der Waals surface area (Å²) in [6, 6.07) is 5.22. The smallest absolute Gasteiger partial charge is 0.132 e. The third-order valence-electron chi connectivity index (χ3n) is 2.61. The number of hydrogen-bond acceptors (Lipinski definition) is 4. The highest BCUT2D eigenvalue weighted by Gasteiger charge is 2.06. The molecule has 0 aliphatic heterocycles. The van der Waals surface area contributed by atoms with Crippen LogP contribution in [0.25, 0.3) is 0 Å². The van der Waals surface area contributed by atoms with Gasteiger partial charge in [-0.05, 0) is 24.5 Å². The molecule has 0 aromatic carbocycles. The van der Waals surface area contributed by atoms with Crippen molar-refractivity contribution in [3.8, 4) is 6.07 Å².